The molecule has 1 aromatic rings. The highest BCUT2D eigenvalue weighted by molar-refractivity contribution is 5.78. The van der Waals surface area contributed by atoms with Crippen molar-refractivity contribution in [2.45, 2.75) is 41.2 Å². The number of carbonyl (C=O) groups excluding carboxylic acids is 1. The molecule has 0 bridgehead atoms. The number of allylic oxidation sites excluding steroid dienone is 2. The summed E-state index contributed by atoms with van der Waals surface area (Å²) in [5, 5.41) is 0. The quantitative estimate of drug-likeness (QED) is 0.341. The van der Waals surface area contributed by atoms with E-state index in [1.807, 2.05) is 32.9 Å². The molecule has 5 heteroatoms. The molecular formula is C20H21F3O2. The first-order valence-electron chi connectivity index (χ1n) is 8.06. The van der Waals surface area contributed by atoms with Crippen LogP contribution in [0.4, 0.5) is 13.2 Å². The van der Waals surface area contributed by atoms with Crippen LogP contribution in [0.15, 0.2) is 12.2 Å². The van der Waals surface area contributed by atoms with Gasteiger partial charge < -0.3 is 4.74 Å². The van der Waals surface area contributed by atoms with Crippen molar-refractivity contribution >= 4 is 5.97 Å². The molecule has 0 amide bonds. The lowest BCUT2D eigenvalue weighted by Crippen LogP contribution is -2.14. The van der Waals surface area contributed by atoms with Gasteiger partial charge in [-0.3, -0.25) is 4.79 Å². The molecule has 0 saturated heterocycles. The normalized spacial score (nSPS) is 21.0. The van der Waals surface area contributed by atoms with E-state index < -0.39 is 35.6 Å². The zero-order valence-electron chi connectivity index (χ0n) is 15.0. The van der Waals surface area contributed by atoms with E-state index in [4.69, 9.17) is 4.74 Å². The van der Waals surface area contributed by atoms with Crippen LogP contribution < -0.4 is 0 Å². The summed E-state index contributed by atoms with van der Waals surface area (Å²) >= 11 is 0. The van der Waals surface area contributed by atoms with Crippen LogP contribution in [0.2, 0.25) is 0 Å². The lowest BCUT2D eigenvalue weighted by atomic mass is 10.0. The highest BCUT2D eigenvalue weighted by atomic mass is 19.2. The summed E-state index contributed by atoms with van der Waals surface area (Å²) in [7, 11) is 0. The topological polar surface area (TPSA) is 26.3 Å². The second-order valence-electron chi connectivity index (χ2n) is 6.75. The highest BCUT2D eigenvalue weighted by Gasteiger charge is 2.61. The van der Waals surface area contributed by atoms with E-state index in [-0.39, 0.29) is 28.4 Å². The van der Waals surface area contributed by atoms with Crippen LogP contribution in [-0.2, 0) is 16.1 Å². The van der Waals surface area contributed by atoms with Gasteiger partial charge in [0.2, 0.25) is 0 Å². The molecule has 0 aromatic heterocycles. The Morgan fingerprint density at radius 1 is 1.24 bits per heavy atom. The van der Waals surface area contributed by atoms with Crippen molar-refractivity contribution in [3.05, 3.63) is 46.3 Å². The predicted octanol–water partition coefficient (Wildman–Crippen LogP) is 4.68. The molecule has 1 aliphatic rings. The fourth-order valence-electron chi connectivity index (χ4n) is 3.16. The van der Waals surface area contributed by atoms with Crippen molar-refractivity contribution in [1.29, 1.82) is 0 Å². The van der Waals surface area contributed by atoms with Gasteiger partial charge >= 0.3 is 5.97 Å². The molecule has 134 valence electrons. The van der Waals surface area contributed by atoms with Crippen LogP contribution in [0.3, 0.4) is 0 Å². The molecule has 0 heterocycles. The first-order valence-corrected chi connectivity index (χ1v) is 8.06. The zero-order valence-corrected chi connectivity index (χ0v) is 15.0. The molecule has 1 aromatic carbocycles. The molecule has 2 atom stereocenters. The number of halogens is 3. The first kappa shape index (κ1) is 19.1. The zero-order chi connectivity index (χ0) is 18.9. The Morgan fingerprint density at radius 2 is 1.88 bits per heavy atom. The van der Waals surface area contributed by atoms with E-state index in [2.05, 4.69) is 11.8 Å². The van der Waals surface area contributed by atoms with Crippen LogP contribution >= 0.6 is 0 Å². The second kappa shape index (κ2) is 6.95. The number of carbonyl (C=O) groups is 1. The molecule has 2 nitrogen and oxygen atoms in total. The van der Waals surface area contributed by atoms with E-state index in [1.54, 1.807) is 0 Å². The van der Waals surface area contributed by atoms with Crippen molar-refractivity contribution in [3.8, 4) is 11.8 Å². The SMILES string of the molecule is CC#Cc1c(F)c(C)c(COC(=O)[C@@H]2[C@@H](C=CC)C2(C)C)c(F)c1F. The van der Waals surface area contributed by atoms with Gasteiger partial charge in [-0.1, -0.05) is 31.9 Å². The molecule has 0 aliphatic heterocycles. The Bertz CT molecular complexity index is 768. The molecule has 1 fully saturated rings. The van der Waals surface area contributed by atoms with Crippen molar-refractivity contribution in [2.75, 3.05) is 0 Å². The molecule has 1 saturated carbocycles. The van der Waals surface area contributed by atoms with Crippen LogP contribution in [0.1, 0.15) is 44.4 Å². The lowest BCUT2D eigenvalue weighted by Gasteiger charge is -2.12. The third-order valence-electron chi connectivity index (χ3n) is 4.85. The summed E-state index contributed by atoms with van der Waals surface area (Å²) in [5.41, 5.74) is -1.26. The van der Waals surface area contributed by atoms with Gasteiger partial charge in [0.25, 0.3) is 0 Å². The maximum absolute atomic E-state index is 14.2. The second-order valence-corrected chi connectivity index (χ2v) is 6.75. The Kier molecular flexibility index (Phi) is 5.31. The minimum atomic E-state index is -1.36. The fourth-order valence-corrected chi connectivity index (χ4v) is 3.16. The molecule has 2 rings (SSSR count). The fraction of sp³-hybridized carbons (Fsp3) is 0.450. The van der Waals surface area contributed by atoms with E-state index in [9.17, 15) is 18.0 Å². The Balaban J connectivity index is 2.22. The van der Waals surface area contributed by atoms with Crippen LogP contribution in [0.25, 0.3) is 0 Å². The Labute approximate surface area is 146 Å². The van der Waals surface area contributed by atoms with Crippen molar-refractivity contribution < 1.29 is 22.7 Å². The number of ether oxygens (including phenoxy) is 1. The van der Waals surface area contributed by atoms with Crippen molar-refractivity contribution in [1.82, 2.24) is 0 Å². The van der Waals surface area contributed by atoms with Gasteiger partial charge in [0.05, 0.1) is 11.5 Å². The van der Waals surface area contributed by atoms with Crippen LogP contribution in [0, 0.1) is 53.5 Å². The molecule has 0 radical (unpaired) electrons. The van der Waals surface area contributed by atoms with Gasteiger partial charge in [-0.05, 0) is 37.7 Å². The average Bonchev–Trinajstić information content (AvgIpc) is 3.10. The third-order valence-corrected chi connectivity index (χ3v) is 4.85. The standard InChI is InChI=1S/C20H21F3O2/c1-6-8-12-16(21)11(3)13(18(23)17(12)22)10-25-19(24)15-14(9-7-2)20(15,4)5/h7,9,14-15H,10H2,1-5H3/t14-,15+/m1/s1. The summed E-state index contributed by atoms with van der Waals surface area (Å²) in [6, 6.07) is 0. The number of benzene rings is 1. The van der Waals surface area contributed by atoms with Crippen molar-refractivity contribution in [3.63, 3.8) is 0 Å². The molecule has 0 unspecified atom stereocenters. The summed E-state index contributed by atoms with van der Waals surface area (Å²) in [4.78, 5) is 12.3. The number of rotatable bonds is 4. The summed E-state index contributed by atoms with van der Waals surface area (Å²) in [5.74, 6) is 0.260. The molecular weight excluding hydrogens is 329 g/mol. The van der Waals surface area contributed by atoms with Crippen LogP contribution in [0.5, 0.6) is 0 Å². The number of hydrogen-bond acceptors (Lipinski definition) is 2. The maximum Gasteiger partial charge on any atom is 0.310 e. The summed E-state index contributed by atoms with van der Waals surface area (Å²) < 4.78 is 47.6. The maximum atomic E-state index is 14.2. The van der Waals surface area contributed by atoms with E-state index >= 15 is 0 Å². The largest absolute Gasteiger partial charge is 0.460 e. The van der Waals surface area contributed by atoms with Gasteiger partial charge in [0, 0.05) is 5.56 Å². The minimum absolute atomic E-state index is 0.0478. The molecule has 1 aliphatic carbocycles. The number of esters is 1. The van der Waals surface area contributed by atoms with Crippen LogP contribution in [-0.4, -0.2) is 5.97 Å². The monoisotopic (exact) mass is 350 g/mol. The minimum Gasteiger partial charge on any atom is -0.460 e. The predicted molar refractivity (Wildman–Crippen MR) is 89.0 cm³/mol. The van der Waals surface area contributed by atoms with E-state index in [0.29, 0.717) is 0 Å². The third kappa shape index (κ3) is 3.30. The van der Waals surface area contributed by atoms with Crippen molar-refractivity contribution in [2.24, 2.45) is 17.3 Å². The molecule has 25 heavy (non-hydrogen) atoms. The smallest absolute Gasteiger partial charge is 0.310 e. The first-order chi connectivity index (χ1) is 11.7. The Hall–Kier alpha value is -2.22. The number of hydrogen-bond donors (Lipinski definition) is 0. The average molecular weight is 350 g/mol. The van der Waals surface area contributed by atoms with Gasteiger partial charge in [0.15, 0.2) is 11.6 Å². The van der Waals surface area contributed by atoms with E-state index in [1.165, 1.54) is 13.8 Å². The van der Waals surface area contributed by atoms with Gasteiger partial charge in [0.1, 0.15) is 12.4 Å². The molecule has 0 spiro atoms. The summed E-state index contributed by atoms with van der Waals surface area (Å²) in [6.07, 6.45) is 3.79. The molecule has 0 N–H and O–H groups in total. The van der Waals surface area contributed by atoms with Gasteiger partial charge in [-0.2, -0.15) is 0 Å². The summed E-state index contributed by atoms with van der Waals surface area (Å²) in [6.45, 7) is 7.94. The lowest BCUT2D eigenvalue weighted by molar-refractivity contribution is -0.147. The van der Waals surface area contributed by atoms with E-state index in [0.717, 1.165) is 0 Å². The van der Waals surface area contributed by atoms with Gasteiger partial charge in [-0.25, -0.2) is 13.2 Å². The Morgan fingerprint density at radius 3 is 2.44 bits per heavy atom. The highest BCUT2D eigenvalue weighted by Crippen LogP contribution is 2.59. The van der Waals surface area contributed by atoms with Gasteiger partial charge in [-0.15, -0.1) is 5.92 Å².